The molecule has 3 heteroatoms. The molecule has 0 heterocycles. The van der Waals surface area contributed by atoms with Crippen LogP contribution in [0.2, 0.25) is 0 Å². The van der Waals surface area contributed by atoms with Gasteiger partial charge >= 0.3 is 5.97 Å². The van der Waals surface area contributed by atoms with Crippen LogP contribution < -0.4 is 0 Å². The molecule has 6 atom stereocenters. The van der Waals surface area contributed by atoms with E-state index in [1.165, 1.54) is 11.1 Å². The number of Topliss-reactive ketones (excluding diaryl/α,β-unsaturated/α-hetero) is 1. The predicted octanol–water partition coefficient (Wildman–Crippen LogP) is 7.59. The van der Waals surface area contributed by atoms with Crippen LogP contribution in [-0.4, -0.2) is 17.9 Å². The molecule has 0 saturated heterocycles. The van der Waals surface area contributed by atoms with Gasteiger partial charge in [0.2, 0.25) is 0 Å². The summed E-state index contributed by atoms with van der Waals surface area (Å²) in [6, 6.07) is 0. The lowest BCUT2D eigenvalue weighted by molar-refractivity contribution is -0.206. The van der Waals surface area contributed by atoms with Gasteiger partial charge in [-0.15, -0.1) is 0 Å². The van der Waals surface area contributed by atoms with Crippen LogP contribution >= 0.6 is 0 Å². The average molecular weight is 467 g/mol. The number of rotatable bonds is 1. The first-order valence-corrected chi connectivity index (χ1v) is 13.8. The Balaban J connectivity index is 1.56. The maximum absolute atomic E-state index is 13.6. The third kappa shape index (κ3) is 3.13. The minimum atomic E-state index is -0.153. The van der Waals surface area contributed by atoms with E-state index in [0.29, 0.717) is 24.0 Å². The molecule has 6 unspecified atom stereocenters. The number of carbonyl (C=O) groups is 2. The summed E-state index contributed by atoms with van der Waals surface area (Å²) in [5, 5.41) is 0. The maximum Gasteiger partial charge on any atom is 0.302 e. The third-order valence-corrected chi connectivity index (χ3v) is 12.0. The summed E-state index contributed by atoms with van der Waals surface area (Å²) in [6.07, 6.45) is 11.9. The number of fused-ring (bicyclic) bond motifs is 6. The van der Waals surface area contributed by atoms with Gasteiger partial charge in [-0.25, -0.2) is 0 Å². The minimum absolute atomic E-state index is 0.00570. The van der Waals surface area contributed by atoms with Crippen LogP contribution in [0.3, 0.4) is 0 Å². The van der Waals surface area contributed by atoms with Crippen molar-refractivity contribution >= 4 is 11.8 Å². The number of allylic oxidation sites excluding steroid dienone is 4. The second-order valence-electron chi connectivity index (χ2n) is 14.6. The van der Waals surface area contributed by atoms with Gasteiger partial charge in [0.1, 0.15) is 6.10 Å². The molecule has 3 nitrogen and oxygen atoms in total. The Morgan fingerprint density at radius 2 is 1.62 bits per heavy atom. The van der Waals surface area contributed by atoms with Gasteiger partial charge in [-0.2, -0.15) is 0 Å². The first kappa shape index (κ1) is 24.3. The molecule has 34 heavy (non-hydrogen) atoms. The number of carbonyl (C=O) groups excluding carboxylic acids is 2. The highest BCUT2D eigenvalue weighted by molar-refractivity contribution is 5.99. The lowest BCUT2D eigenvalue weighted by atomic mass is 9.35. The van der Waals surface area contributed by atoms with Crippen LogP contribution in [0.1, 0.15) is 113 Å². The fourth-order valence-electron chi connectivity index (χ4n) is 9.93. The maximum atomic E-state index is 13.6. The molecular formula is C31H46O3. The molecule has 0 aliphatic heterocycles. The Hall–Kier alpha value is -1.38. The fourth-order valence-corrected chi connectivity index (χ4v) is 9.93. The van der Waals surface area contributed by atoms with Gasteiger partial charge in [-0.3, -0.25) is 9.59 Å². The van der Waals surface area contributed by atoms with Crippen LogP contribution in [0.4, 0.5) is 0 Å². The van der Waals surface area contributed by atoms with Gasteiger partial charge in [0.25, 0.3) is 0 Å². The van der Waals surface area contributed by atoms with Crippen molar-refractivity contribution in [3.63, 3.8) is 0 Å². The highest BCUT2D eigenvalue weighted by Crippen LogP contribution is 2.73. The molecule has 0 radical (unpaired) electrons. The number of ketones is 1. The molecule has 0 aromatic heterocycles. The predicted molar refractivity (Wildman–Crippen MR) is 136 cm³/mol. The monoisotopic (exact) mass is 466 g/mol. The molecule has 2 fully saturated rings. The van der Waals surface area contributed by atoms with Crippen LogP contribution in [-0.2, 0) is 14.3 Å². The molecule has 188 valence electrons. The molecule has 0 amide bonds. The van der Waals surface area contributed by atoms with E-state index in [4.69, 9.17) is 4.74 Å². The van der Waals surface area contributed by atoms with Crippen LogP contribution in [0.25, 0.3) is 0 Å². The highest BCUT2D eigenvalue weighted by Gasteiger charge is 2.67. The van der Waals surface area contributed by atoms with Gasteiger partial charge in [0, 0.05) is 24.2 Å². The molecule has 2 saturated carbocycles. The first-order chi connectivity index (χ1) is 15.7. The summed E-state index contributed by atoms with van der Waals surface area (Å²) in [7, 11) is 0. The van der Waals surface area contributed by atoms with Crippen molar-refractivity contribution in [2.75, 3.05) is 0 Å². The normalized spacial score (nSPS) is 44.8. The zero-order chi connectivity index (χ0) is 24.9. The van der Waals surface area contributed by atoms with E-state index < -0.39 is 0 Å². The Morgan fingerprint density at radius 1 is 0.912 bits per heavy atom. The Bertz CT molecular complexity index is 996. The topological polar surface area (TPSA) is 43.4 Å². The standard InChI is InChI=1S/C31H46O3/c1-19(32)34-26-13-15-29(6)24(28(26,4)5)12-16-30(7)25(29)10-9-22-21-17-27(2,3)14-11-20(21)23(33)18-31(22,30)8/h9,24-26H,10-18H2,1-8H3. The third-order valence-electron chi connectivity index (χ3n) is 12.0. The zero-order valence-corrected chi connectivity index (χ0v) is 22.9. The second-order valence-corrected chi connectivity index (χ2v) is 14.6. The average Bonchev–Trinajstić information content (AvgIpc) is 2.70. The molecule has 0 aromatic rings. The van der Waals surface area contributed by atoms with Crippen molar-refractivity contribution in [2.45, 2.75) is 119 Å². The van der Waals surface area contributed by atoms with E-state index in [9.17, 15) is 9.59 Å². The van der Waals surface area contributed by atoms with E-state index in [1.54, 1.807) is 6.92 Å². The largest absolute Gasteiger partial charge is 0.462 e. The van der Waals surface area contributed by atoms with Gasteiger partial charge in [-0.1, -0.05) is 54.5 Å². The van der Waals surface area contributed by atoms with E-state index >= 15 is 0 Å². The lowest BCUT2D eigenvalue weighted by Crippen LogP contribution is -2.63. The quantitative estimate of drug-likeness (QED) is 0.374. The minimum Gasteiger partial charge on any atom is -0.462 e. The van der Waals surface area contributed by atoms with Crippen LogP contribution in [0.5, 0.6) is 0 Å². The van der Waals surface area contributed by atoms with Gasteiger partial charge < -0.3 is 4.74 Å². The summed E-state index contributed by atoms with van der Waals surface area (Å²) < 4.78 is 5.86. The van der Waals surface area contributed by atoms with Crippen LogP contribution in [0.15, 0.2) is 22.8 Å². The lowest BCUT2D eigenvalue weighted by Gasteiger charge is -2.69. The molecule has 0 N–H and O–H groups in total. The van der Waals surface area contributed by atoms with E-state index in [1.807, 2.05) is 0 Å². The second kappa shape index (κ2) is 7.32. The summed E-state index contributed by atoms with van der Waals surface area (Å²) >= 11 is 0. The van der Waals surface area contributed by atoms with E-state index in [2.05, 4.69) is 54.5 Å². The van der Waals surface area contributed by atoms with Gasteiger partial charge in [0.15, 0.2) is 5.78 Å². The van der Waals surface area contributed by atoms with Crippen LogP contribution in [0, 0.1) is 38.9 Å². The van der Waals surface area contributed by atoms with E-state index in [-0.39, 0.29) is 39.1 Å². The molecule has 0 aromatic carbocycles. The summed E-state index contributed by atoms with van der Waals surface area (Å²) in [4.78, 5) is 25.4. The van der Waals surface area contributed by atoms with Crippen molar-refractivity contribution in [3.05, 3.63) is 22.8 Å². The Labute approximate surface area is 207 Å². The smallest absolute Gasteiger partial charge is 0.302 e. The number of ether oxygens (including phenoxy) is 1. The number of esters is 1. The molecule has 5 aliphatic rings. The van der Waals surface area contributed by atoms with Crippen molar-refractivity contribution in [2.24, 2.45) is 38.9 Å². The molecule has 5 aliphatic carbocycles. The van der Waals surface area contributed by atoms with Crippen molar-refractivity contribution in [3.8, 4) is 0 Å². The number of hydrogen-bond acceptors (Lipinski definition) is 3. The molecule has 0 bridgehead atoms. The SMILES string of the molecule is CC(=O)OC1CCC2(C)C(CCC3(C)C2CC=C2C4=C(CCC(C)(C)C4)C(=O)CC23C)C1(C)C. The highest BCUT2D eigenvalue weighted by atomic mass is 16.5. The van der Waals surface area contributed by atoms with Crippen molar-refractivity contribution < 1.29 is 14.3 Å². The molecule has 0 spiro atoms. The number of hydrogen-bond donors (Lipinski definition) is 0. The fraction of sp³-hybridized carbons (Fsp3) is 0.806. The zero-order valence-electron chi connectivity index (χ0n) is 22.9. The van der Waals surface area contributed by atoms with E-state index in [0.717, 1.165) is 56.9 Å². The summed E-state index contributed by atoms with van der Waals surface area (Å²) in [5.41, 5.74) is 4.58. The Morgan fingerprint density at radius 3 is 2.29 bits per heavy atom. The Kier molecular flexibility index (Phi) is 5.24. The summed E-state index contributed by atoms with van der Waals surface area (Å²) in [6.45, 7) is 18.5. The van der Waals surface area contributed by atoms with Gasteiger partial charge in [-0.05, 0) is 96.2 Å². The first-order valence-electron chi connectivity index (χ1n) is 13.8. The molecular weight excluding hydrogens is 420 g/mol. The van der Waals surface area contributed by atoms with Crippen molar-refractivity contribution in [1.29, 1.82) is 0 Å². The summed E-state index contributed by atoms with van der Waals surface area (Å²) in [5.74, 6) is 1.35. The van der Waals surface area contributed by atoms with Gasteiger partial charge in [0.05, 0.1) is 0 Å². The van der Waals surface area contributed by atoms with Crippen molar-refractivity contribution in [1.82, 2.24) is 0 Å². The molecule has 5 rings (SSSR count).